The van der Waals surface area contributed by atoms with E-state index in [9.17, 15) is 4.79 Å². The third-order valence-corrected chi connectivity index (χ3v) is 6.20. The summed E-state index contributed by atoms with van der Waals surface area (Å²) >= 11 is 0. The van der Waals surface area contributed by atoms with E-state index in [-0.39, 0.29) is 17.4 Å². The molecular weight excluding hydrogens is 398 g/mol. The van der Waals surface area contributed by atoms with Gasteiger partial charge in [0.2, 0.25) is 5.43 Å². The molecule has 0 spiro atoms. The van der Waals surface area contributed by atoms with Gasteiger partial charge in [-0.1, -0.05) is 74.0 Å². The van der Waals surface area contributed by atoms with E-state index in [2.05, 4.69) is 69.6 Å². The Bertz CT molecular complexity index is 1210. The van der Waals surface area contributed by atoms with Crippen LogP contribution in [0.25, 0.3) is 11.5 Å². The fourth-order valence-electron chi connectivity index (χ4n) is 4.67. The van der Waals surface area contributed by atoms with Crippen molar-refractivity contribution in [2.45, 2.75) is 38.3 Å². The molecule has 1 aliphatic rings. The van der Waals surface area contributed by atoms with Gasteiger partial charge in [0, 0.05) is 37.1 Å². The molecule has 162 valence electrons. The van der Waals surface area contributed by atoms with Crippen LogP contribution in [0.1, 0.15) is 42.9 Å². The molecule has 0 N–H and O–H groups in total. The number of unbranched alkanes of at least 4 members (excludes halogenated alkanes) is 1. The molecule has 3 heterocycles. The largest absolute Gasteiger partial charge is 0.487 e. The molecule has 32 heavy (non-hydrogen) atoms. The van der Waals surface area contributed by atoms with Gasteiger partial charge in [0.05, 0.1) is 12.6 Å². The zero-order chi connectivity index (χ0) is 21.9. The van der Waals surface area contributed by atoms with Crippen molar-refractivity contribution < 1.29 is 4.74 Å². The Morgan fingerprint density at radius 1 is 1.00 bits per heavy atom. The highest BCUT2D eigenvalue weighted by Crippen LogP contribution is 2.43. The molecule has 2 aromatic carbocycles. The number of nitrogens with zero attached hydrogens (tertiary/aromatic N) is 3. The summed E-state index contributed by atoms with van der Waals surface area (Å²) in [6.45, 7) is 3.40. The van der Waals surface area contributed by atoms with E-state index >= 15 is 0 Å². The Labute approximate surface area is 187 Å². The molecule has 0 radical (unpaired) electrons. The van der Waals surface area contributed by atoms with Crippen LogP contribution in [0.15, 0.2) is 90.1 Å². The summed E-state index contributed by atoms with van der Waals surface area (Å²) in [5.41, 5.74) is 3.15. The monoisotopic (exact) mass is 425 g/mol. The van der Waals surface area contributed by atoms with Crippen LogP contribution in [-0.4, -0.2) is 20.7 Å². The molecule has 1 aliphatic heterocycles. The average Bonchev–Trinajstić information content (AvgIpc) is 3.30. The quantitative estimate of drug-likeness (QED) is 0.379. The van der Waals surface area contributed by atoms with Gasteiger partial charge in [-0.25, -0.2) is 4.98 Å². The second-order valence-corrected chi connectivity index (χ2v) is 8.24. The van der Waals surface area contributed by atoms with Crippen LogP contribution in [0.2, 0.25) is 0 Å². The fraction of sp³-hybridized carbons (Fsp3) is 0.259. The minimum Gasteiger partial charge on any atom is -0.487 e. The number of benzene rings is 2. The molecule has 0 saturated carbocycles. The number of hydrogen-bond donors (Lipinski definition) is 0. The molecule has 0 unspecified atom stereocenters. The molecule has 1 atom stereocenters. The van der Waals surface area contributed by atoms with Crippen LogP contribution >= 0.6 is 0 Å². The molecule has 0 aliphatic carbocycles. The van der Waals surface area contributed by atoms with Gasteiger partial charge in [0.15, 0.2) is 11.6 Å². The molecule has 0 amide bonds. The summed E-state index contributed by atoms with van der Waals surface area (Å²) in [4.78, 5) is 17.4. The Kier molecular flexibility index (Phi) is 5.63. The van der Waals surface area contributed by atoms with Crippen LogP contribution in [-0.2, 0) is 6.54 Å². The smallest absolute Gasteiger partial charge is 0.224 e. The standard InChI is InChI=1S/C27H27N3O2/c1-2-3-18-32-26-23(31)14-16-30-22(19-29-17-15-28-27(29)25(26)30)24(20-10-6-4-7-11-20)21-12-8-5-9-13-21/h4-17,22,24H,2-3,18-19H2,1H3/t22-/m1/s1. The van der Waals surface area contributed by atoms with Crippen molar-refractivity contribution in [3.05, 3.63) is 107 Å². The van der Waals surface area contributed by atoms with Crippen molar-refractivity contribution in [3.8, 4) is 17.3 Å². The minimum atomic E-state index is -0.0986. The normalized spacial score (nSPS) is 14.8. The second-order valence-electron chi connectivity index (χ2n) is 8.24. The number of ether oxygens (including phenoxy) is 1. The Morgan fingerprint density at radius 3 is 2.34 bits per heavy atom. The molecule has 0 saturated heterocycles. The van der Waals surface area contributed by atoms with Crippen molar-refractivity contribution in [3.63, 3.8) is 0 Å². The Hall–Kier alpha value is -3.60. The van der Waals surface area contributed by atoms with Crippen LogP contribution < -0.4 is 10.2 Å². The second kappa shape index (κ2) is 8.87. The lowest BCUT2D eigenvalue weighted by Gasteiger charge is -2.36. The Balaban J connectivity index is 1.70. The Morgan fingerprint density at radius 2 is 1.69 bits per heavy atom. The third kappa shape index (κ3) is 3.64. The number of rotatable bonds is 7. The maximum Gasteiger partial charge on any atom is 0.224 e. The molecule has 5 nitrogen and oxygen atoms in total. The van der Waals surface area contributed by atoms with E-state index in [1.165, 1.54) is 11.1 Å². The van der Waals surface area contributed by atoms with Crippen LogP contribution in [0.5, 0.6) is 5.75 Å². The SMILES string of the molecule is CCCCOc1c2n(ccc1=O)[C@@H](C(c1ccccc1)c1ccccc1)Cn1ccnc1-2. The predicted molar refractivity (Wildman–Crippen MR) is 126 cm³/mol. The summed E-state index contributed by atoms with van der Waals surface area (Å²) in [6, 6.07) is 22.9. The van der Waals surface area contributed by atoms with Crippen molar-refractivity contribution in [1.82, 2.24) is 14.1 Å². The maximum atomic E-state index is 12.9. The lowest BCUT2D eigenvalue weighted by Crippen LogP contribution is -2.31. The van der Waals surface area contributed by atoms with Crippen LogP contribution in [0.4, 0.5) is 0 Å². The lowest BCUT2D eigenvalue weighted by molar-refractivity contribution is 0.297. The van der Waals surface area contributed by atoms with Crippen molar-refractivity contribution in [2.24, 2.45) is 0 Å². The molecule has 0 bridgehead atoms. The first-order valence-electron chi connectivity index (χ1n) is 11.3. The molecule has 4 aromatic rings. The van der Waals surface area contributed by atoms with E-state index in [0.29, 0.717) is 12.4 Å². The van der Waals surface area contributed by atoms with Crippen molar-refractivity contribution in [2.75, 3.05) is 6.61 Å². The molecule has 2 aromatic heterocycles. The first-order chi connectivity index (χ1) is 15.8. The van der Waals surface area contributed by atoms with Gasteiger partial charge in [-0.3, -0.25) is 4.79 Å². The van der Waals surface area contributed by atoms with E-state index in [4.69, 9.17) is 4.74 Å². The van der Waals surface area contributed by atoms with Crippen molar-refractivity contribution in [1.29, 1.82) is 0 Å². The summed E-state index contributed by atoms with van der Waals surface area (Å²) < 4.78 is 10.4. The lowest BCUT2D eigenvalue weighted by atomic mass is 9.84. The van der Waals surface area contributed by atoms with Gasteiger partial charge in [-0.05, 0) is 17.5 Å². The van der Waals surface area contributed by atoms with E-state index in [1.807, 2.05) is 24.5 Å². The minimum absolute atomic E-state index is 0.0608. The molecule has 0 fully saturated rings. The van der Waals surface area contributed by atoms with Gasteiger partial charge in [0.1, 0.15) is 5.69 Å². The number of aromatic nitrogens is 3. The third-order valence-electron chi connectivity index (χ3n) is 6.20. The number of pyridine rings is 1. The van der Waals surface area contributed by atoms with Gasteiger partial charge < -0.3 is 13.9 Å². The van der Waals surface area contributed by atoms with Gasteiger partial charge in [-0.2, -0.15) is 0 Å². The van der Waals surface area contributed by atoms with E-state index in [0.717, 1.165) is 30.9 Å². The topological polar surface area (TPSA) is 49.0 Å². The molecule has 5 rings (SSSR count). The van der Waals surface area contributed by atoms with Gasteiger partial charge in [-0.15, -0.1) is 0 Å². The highest BCUT2D eigenvalue weighted by atomic mass is 16.5. The first-order valence-corrected chi connectivity index (χ1v) is 11.3. The molecule has 5 heteroatoms. The zero-order valence-corrected chi connectivity index (χ0v) is 18.2. The number of fused-ring (bicyclic) bond motifs is 3. The van der Waals surface area contributed by atoms with E-state index < -0.39 is 0 Å². The summed E-state index contributed by atoms with van der Waals surface area (Å²) in [5, 5.41) is 0. The molecular formula is C27H27N3O2. The van der Waals surface area contributed by atoms with Crippen molar-refractivity contribution >= 4 is 0 Å². The summed E-state index contributed by atoms with van der Waals surface area (Å²) in [5.74, 6) is 1.29. The summed E-state index contributed by atoms with van der Waals surface area (Å²) in [7, 11) is 0. The number of hydrogen-bond acceptors (Lipinski definition) is 3. The van der Waals surface area contributed by atoms with Gasteiger partial charge >= 0.3 is 0 Å². The highest BCUT2D eigenvalue weighted by Gasteiger charge is 2.34. The van der Waals surface area contributed by atoms with E-state index in [1.54, 1.807) is 12.3 Å². The summed E-state index contributed by atoms with van der Waals surface area (Å²) in [6.07, 6.45) is 7.62. The average molecular weight is 426 g/mol. The zero-order valence-electron chi connectivity index (χ0n) is 18.2. The van der Waals surface area contributed by atoms with Gasteiger partial charge in [0.25, 0.3) is 0 Å². The fourth-order valence-corrected chi connectivity index (χ4v) is 4.67. The first kappa shape index (κ1) is 20.3. The highest BCUT2D eigenvalue weighted by molar-refractivity contribution is 5.62. The van der Waals surface area contributed by atoms with Crippen LogP contribution in [0.3, 0.4) is 0 Å². The maximum absolute atomic E-state index is 12.9. The van der Waals surface area contributed by atoms with Crippen LogP contribution in [0, 0.1) is 0 Å². The number of imidazole rings is 1. The predicted octanol–water partition coefficient (Wildman–Crippen LogP) is 5.28.